The Bertz CT molecular complexity index is 834. The molecule has 2 aromatic rings. The van der Waals surface area contributed by atoms with E-state index in [1.165, 1.54) is 28.2 Å². The molecule has 1 heterocycles. The number of rotatable bonds is 6. The molecule has 0 saturated heterocycles. The van der Waals surface area contributed by atoms with Crippen molar-refractivity contribution in [2.45, 2.75) is 45.4 Å². The van der Waals surface area contributed by atoms with Crippen LogP contribution < -0.4 is 15.6 Å². The number of carbonyl (C=O) groups is 3. The monoisotopic (exact) mass is 400 g/mol. The fourth-order valence-corrected chi connectivity index (χ4v) is 4.24. The van der Waals surface area contributed by atoms with Crippen molar-refractivity contribution in [2.24, 2.45) is 0 Å². The maximum absolute atomic E-state index is 12.3. The third-order valence-corrected chi connectivity index (χ3v) is 5.89. The highest BCUT2D eigenvalue weighted by molar-refractivity contribution is 7.14. The molecule has 0 bridgehead atoms. The van der Waals surface area contributed by atoms with Crippen molar-refractivity contribution in [1.82, 2.24) is 10.9 Å². The highest BCUT2D eigenvalue weighted by atomic mass is 32.1. The largest absolute Gasteiger partial charge is 0.484 e. The fraction of sp³-hybridized carbons (Fsp3) is 0.381. The van der Waals surface area contributed by atoms with Crippen LogP contribution in [0.3, 0.4) is 0 Å². The molecule has 28 heavy (non-hydrogen) atoms. The van der Waals surface area contributed by atoms with E-state index in [0.29, 0.717) is 22.6 Å². The van der Waals surface area contributed by atoms with Crippen LogP contribution in [0, 0.1) is 0 Å². The molecule has 0 atom stereocenters. The minimum atomic E-state index is -0.458. The van der Waals surface area contributed by atoms with E-state index in [9.17, 15) is 14.4 Å². The number of hydrogen-bond donors (Lipinski definition) is 2. The Kier molecular flexibility index (Phi) is 6.81. The first-order chi connectivity index (χ1) is 13.6. The second kappa shape index (κ2) is 9.50. The number of hydrazine groups is 1. The number of Topliss-reactive ketones (excluding diaryl/α,β-unsaturated/α-hetero) is 1. The summed E-state index contributed by atoms with van der Waals surface area (Å²) >= 11 is 1.50. The predicted octanol–water partition coefficient (Wildman–Crippen LogP) is 3.45. The van der Waals surface area contributed by atoms with E-state index in [-0.39, 0.29) is 18.3 Å². The summed E-state index contributed by atoms with van der Waals surface area (Å²) in [4.78, 5) is 37.7. The van der Waals surface area contributed by atoms with Crippen LogP contribution in [-0.2, 0) is 17.6 Å². The smallest absolute Gasteiger partial charge is 0.279 e. The van der Waals surface area contributed by atoms with Crippen molar-refractivity contribution in [1.29, 1.82) is 0 Å². The first kappa shape index (κ1) is 20.1. The molecule has 1 aliphatic carbocycles. The molecule has 148 valence electrons. The van der Waals surface area contributed by atoms with Gasteiger partial charge in [-0.25, -0.2) is 0 Å². The van der Waals surface area contributed by atoms with E-state index in [0.717, 1.165) is 25.7 Å². The van der Waals surface area contributed by atoms with Crippen LogP contribution in [0.15, 0.2) is 30.3 Å². The molecule has 0 unspecified atom stereocenters. The SMILES string of the molecule is CCC(=O)c1ccc(OCC(=O)NNC(=O)c2cc3c(s2)CCCCC3)cc1. The van der Waals surface area contributed by atoms with E-state index < -0.39 is 5.91 Å². The summed E-state index contributed by atoms with van der Waals surface area (Å²) in [6, 6.07) is 8.56. The quantitative estimate of drug-likeness (QED) is 0.442. The van der Waals surface area contributed by atoms with Gasteiger partial charge in [0.25, 0.3) is 11.8 Å². The summed E-state index contributed by atoms with van der Waals surface area (Å²) in [5.74, 6) is -0.233. The Balaban J connectivity index is 1.45. The topological polar surface area (TPSA) is 84.5 Å². The van der Waals surface area contributed by atoms with E-state index in [1.54, 1.807) is 31.2 Å². The molecule has 0 fully saturated rings. The third-order valence-electron chi connectivity index (χ3n) is 4.65. The number of amides is 2. The van der Waals surface area contributed by atoms with Crippen LogP contribution in [0.1, 0.15) is 63.1 Å². The number of aryl methyl sites for hydroxylation is 2. The lowest BCUT2D eigenvalue weighted by Crippen LogP contribution is -2.43. The number of carbonyl (C=O) groups excluding carboxylic acids is 3. The van der Waals surface area contributed by atoms with Crippen LogP contribution in [0.2, 0.25) is 0 Å². The molecule has 2 N–H and O–H groups in total. The van der Waals surface area contributed by atoms with Crippen LogP contribution in [0.4, 0.5) is 0 Å². The minimum Gasteiger partial charge on any atom is -0.484 e. The Morgan fingerprint density at radius 3 is 2.54 bits per heavy atom. The van der Waals surface area contributed by atoms with Gasteiger partial charge in [0.2, 0.25) is 0 Å². The molecule has 1 aromatic heterocycles. The molecule has 2 amide bonds. The highest BCUT2D eigenvalue weighted by Crippen LogP contribution is 2.28. The minimum absolute atomic E-state index is 0.0536. The Morgan fingerprint density at radius 1 is 1.04 bits per heavy atom. The molecule has 1 aromatic carbocycles. The van der Waals surface area contributed by atoms with Crippen LogP contribution >= 0.6 is 11.3 Å². The average molecular weight is 401 g/mol. The van der Waals surface area contributed by atoms with E-state index in [4.69, 9.17) is 4.74 Å². The summed E-state index contributed by atoms with van der Waals surface area (Å²) < 4.78 is 5.38. The maximum atomic E-state index is 12.3. The van der Waals surface area contributed by atoms with E-state index >= 15 is 0 Å². The fourth-order valence-electron chi connectivity index (χ4n) is 3.09. The van der Waals surface area contributed by atoms with Gasteiger partial charge < -0.3 is 4.74 Å². The number of thiophene rings is 1. The van der Waals surface area contributed by atoms with Crippen molar-refractivity contribution in [2.75, 3.05) is 6.61 Å². The number of ketones is 1. The standard InChI is InChI=1S/C21H24N2O4S/c1-2-17(24)14-8-10-16(11-9-14)27-13-20(25)22-23-21(26)19-12-15-6-4-3-5-7-18(15)28-19/h8-12H,2-7,13H2,1H3,(H,22,25)(H,23,26). The molecule has 3 rings (SSSR count). The second-order valence-electron chi connectivity index (χ2n) is 6.71. The molecule has 0 spiro atoms. The van der Waals surface area contributed by atoms with Gasteiger partial charge in [0.15, 0.2) is 12.4 Å². The molecule has 0 saturated carbocycles. The summed E-state index contributed by atoms with van der Waals surface area (Å²) in [6.07, 6.45) is 6.03. The summed E-state index contributed by atoms with van der Waals surface area (Å²) in [6.45, 7) is 1.57. The van der Waals surface area contributed by atoms with E-state index in [2.05, 4.69) is 10.9 Å². The average Bonchev–Trinajstić information content (AvgIpc) is 3.00. The van der Waals surface area contributed by atoms with Crippen LogP contribution in [0.5, 0.6) is 5.75 Å². The Morgan fingerprint density at radius 2 is 1.79 bits per heavy atom. The zero-order chi connectivity index (χ0) is 19.9. The molecule has 0 radical (unpaired) electrons. The van der Waals surface area contributed by atoms with Crippen molar-refractivity contribution in [3.8, 4) is 5.75 Å². The highest BCUT2D eigenvalue weighted by Gasteiger charge is 2.17. The van der Waals surface area contributed by atoms with Crippen LogP contribution in [-0.4, -0.2) is 24.2 Å². The molecule has 7 heteroatoms. The van der Waals surface area contributed by atoms with Crippen molar-refractivity contribution < 1.29 is 19.1 Å². The zero-order valence-corrected chi connectivity index (χ0v) is 16.7. The van der Waals surface area contributed by atoms with Gasteiger partial charge >= 0.3 is 0 Å². The molecule has 6 nitrogen and oxygen atoms in total. The normalized spacial score (nSPS) is 13.2. The lowest BCUT2D eigenvalue weighted by atomic mass is 10.1. The molecular formula is C21H24N2O4S. The van der Waals surface area contributed by atoms with Gasteiger partial charge in [-0.2, -0.15) is 0 Å². The van der Waals surface area contributed by atoms with Crippen molar-refractivity contribution in [3.05, 3.63) is 51.2 Å². The van der Waals surface area contributed by atoms with Crippen LogP contribution in [0.25, 0.3) is 0 Å². The maximum Gasteiger partial charge on any atom is 0.279 e. The summed E-state index contributed by atoms with van der Waals surface area (Å²) in [5.41, 5.74) is 6.68. The molecule has 1 aliphatic rings. The van der Waals surface area contributed by atoms with Crippen molar-refractivity contribution >= 4 is 28.9 Å². The number of hydrogen-bond acceptors (Lipinski definition) is 5. The first-order valence-corrected chi connectivity index (χ1v) is 10.3. The van der Waals surface area contributed by atoms with Gasteiger partial charge in [-0.15, -0.1) is 11.3 Å². The lowest BCUT2D eigenvalue weighted by Gasteiger charge is -2.08. The number of nitrogens with one attached hydrogen (secondary N) is 2. The van der Waals surface area contributed by atoms with Crippen molar-refractivity contribution in [3.63, 3.8) is 0 Å². The predicted molar refractivity (Wildman–Crippen MR) is 108 cm³/mol. The first-order valence-electron chi connectivity index (χ1n) is 9.53. The van der Waals surface area contributed by atoms with Gasteiger partial charge in [-0.3, -0.25) is 25.2 Å². The Labute approximate surface area is 168 Å². The summed E-state index contributed by atoms with van der Waals surface area (Å²) in [7, 11) is 0. The summed E-state index contributed by atoms with van der Waals surface area (Å²) in [5, 5.41) is 0. The van der Waals surface area contributed by atoms with E-state index in [1.807, 2.05) is 6.07 Å². The lowest BCUT2D eigenvalue weighted by molar-refractivity contribution is -0.123. The number of fused-ring (bicyclic) bond motifs is 1. The number of ether oxygens (including phenoxy) is 1. The van der Waals surface area contributed by atoms with Gasteiger partial charge in [-0.05, 0) is 61.6 Å². The Hall–Kier alpha value is -2.67. The molecule has 0 aliphatic heterocycles. The molecular weight excluding hydrogens is 376 g/mol. The van der Waals surface area contributed by atoms with Gasteiger partial charge in [0.05, 0.1) is 4.88 Å². The number of benzene rings is 1. The van der Waals surface area contributed by atoms with Gasteiger partial charge in [0.1, 0.15) is 5.75 Å². The third kappa shape index (κ3) is 5.19. The van der Waals surface area contributed by atoms with Gasteiger partial charge in [0, 0.05) is 16.9 Å². The zero-order valence-electron chi connectivity index (χ0n) is 15.9. The second-order valence-corrected chi connectivity index (χ2v) is 7.85. The van der Waals surface area contributed by atoms with Gasteiger partial charge in [-0.1, -0.05) is 13.3 Å².